The fourth-order valence-electron chi connectivity index (χ4n) is 3.84. The second kappa shape index (κ2) is 12.9. The monoisotopic (exact) mass is 466 g/mol. The number of carbonyl (C=O) groups excluding carboxylic acids is 5. The molecule has 33 heavy (non-hydrogen) atoms. The van der Waals surface area contributed by atoms with E-state index in [0.717, 1.165) is 0 Å². The van der Waals surface area contributed by atoms with Crippen LogP contribution in [0.25, 0.3) is 0 Å². The van der Waals surface area contributed by atoms with Gasteiger partial charge in [0, 0.05) is 24.2 Å². The number of hydrogen-bond acceptors (Lipinski definition) is 6. The number of aliphatic hydroxyl groups excluding tert-OH is 1. The molecule has 3 unspecified atom stereocenters. The molecule has 4 N–H and O–H groups in total. The van der Waals surface area contributed by atoms with Gasteiger partial charge in [-0.25, -0.2) is 0 Å². The van der Waals surface area contributed by atoms with Crippen molar-refractivity contribution in [3.63, 3.8) is 0 Å². The molecule has 0 rings (SSSR count). The highest BCUT2D eigenvalue weighted by Crippen LogP contribution is 2.44. The van der Waals surface area contributed by atoms with Crippen molar-refractivity contribution in [2.24, 2.45) is 16.2 Å². The quantitative estimate of drug-likeness (QED) is 0.262. The van der Waals surface area contributed by atoms with Crippen LogP contribution in [0.15, 0.2) is 0 Å². The second-order valence-electron chi connectivity index (χ2n) is 9.92. The van der Waals surface area contributed by atoms with E-state index in [2.05, 4.69) is 16.0 Å². The second-order valence-corrected chi connectivity index (χ2v) is 9.92. The molecule has 0 heterocycles. The molecule has 3 atom stereocenters. The Hall–Kier alpha value is -2.23. The predicted molar refractivity (Wildman–Crippen MR) is 126 cm³/mol. The lowest BCUT2D eigenvalue weighted by molar-refractivity contribution is -0.143. The Kier molecular flexibility index (Phi) is 11.2. The van der Waals surface area contributed by atoms with E-state index in [1.807, 2.05) is 0 Å². The molecule has 0 aromatic carbocycles. The van der Waals surface area contributed by atoms with Gasteiger partial charge in [-0.05, 0) is 39.4 Å². The molecule has 0 aliphatic carbocycles. The van der Waals surface area contributed by atoms with Crippen molar-refractivity contribution in [3.05, 3.63) is 0 Å². The van der Waals surface area contributed by atoms with E-state index in [9.17, 15) is 29.1 Å². The summed E-state index contributed by atoms with van der Waals surface area (Å²) >= 11 is 0. The first-order chi connectivity index (χ1) is 15.6. The van der Waals surface area contributed by atoms with Gasteiger partial charge in [-0.2, -0.15) is 0 Å². The zero-order valence-electron chi connectivity index (χ0n) is 21.8. The van der Waals surface area contributed by atoms with Gasteiger partial charge in [0.1, 0.15) is 11.6 Å². The lowest BCUT2D eigenvalue weighted by Crippen LogP contribution is -2.51. The smallest absolute Gasteiger partial charge is 0.226 e. The molecular formula is C23H40BN3O6. The van der Waals surface area contributed by atoms with Gasteiger partial charge >= 0.3 is 0 Å². The molecule has 0 fully saturated rings. The van der Waals surface area contributed by atoms with Crippen molar-refractivity contribution in [1.82, 2.24) is 16.0 Å². The summed E-state index contributed by atoms with van der Waals surface area (Å²) in [7, 11) is 5.30. The number of aliphatic hydroxyl groups is 1. The molecule has 0 bridgehead atoms. The molecule has 0 saturated heterocycles. The van der Waals surface area contributed by atoms with E-state index in [-0.39, 0.29) is 50.5 Å². The summed E-state index contributed by atoms with van der Waals surface area (Å²) in [4.78, 5) is 62.2. The summed E-state index contributed by atoms with van der Waals surface area (Å²) in [6, 6.07) is 0. The number of ketones is 2. The van der Waals surface area contributed by atoms with E-state index < -0.39 is 46.8 Å². The Morgan fingerprint density at radius 2 is 1.45 bits per heavy atom. The van der Waals surface area contributed by atoms with Gasteiger partial charge in [-0.15, -0.1) is 0 Å². The maximum atomic E-state index is 13.3. The van der Waals surface area contributed by atoms with Crippen LogP contribution in [0.5, 0.6) is 0 Å². The molecule has 3 amide bonds. The van der Waals surface area contributed by atoms with Crippen LogP contribution < -0.4 is 16.0 Å². The number of Topliss-reactive ketones (excluding diaryl/α,β-unsaturated/α-hetero) is 2. The van der Waals surface area contributed by atoms with Crippen LogP contribution >= 0.6 is 0 Å². The fraction of sp³-hybridized carbons (Fsp3) is 0.783. The molecule has 0 spiro atoms. The number of hydrogen-bond donors (Lipinski definition) is 4. The van der Waals surface area contributed by atoms with E-state index in [4.69, 9.17) is 9.22 Å². The van der Waals surface area contributed by atoms with Crippen molar-refractivity contribution in [3.8, 4) is 0 Å². The molecular weight excluding hydrogens is 425 g/mol. The molecule has 0 aliphatic heterocycles. The summed E-state index contributed by atoms with van der Waals surface area (Å²) in [6.07, 6.45) is -0.528. The van der Waals surface area contributed by atoms with Crippen LogP contribution in [0.2, 0.25) is 6.32 Å². The predicted octanol–water partition coefficient (Wildman–Crippen LogP) is 0.690. The number of amides is 3. The van der Waals surface area contributed by atoms with Crippen LogP contribution in [0.3, 0.4) is 0 Å². The van der Waals surface area contributed by atoms with E-state index in [1.54, 1.807) is 34.6 Å². The van der Waals surface area contributed by atoms with Crippen molar-refractivity contribution in [1.29, 1.82) is 0 Å². The Morgan fingerprint density at radius 1 is 0.909 bits per heavy atom. The third-order valence-electron chi connectivity index (χ3n) is 5.78. The summed E-state index contributed by atoms with van der Waals surface area (Å²) in [5, 5.41) is 17.3. The third-order valence-corrected chi connectivity index (χ3v) is 5.78. The Balaban J connectivity index is 5.96. The van der Waals surface area contributed by atoms with Crippen LogP contribution in [-0.2, 0) is 24.0 Å². The van der Waals surface area contributed by atoms with E-state index >= 15 is 0 Å². The first kappa shape index (κ1) is 28.8. The van der Waals surface area contributed by atoms with E-state index in [0.29, 0.717) is 6.42 Å². The largest absolute Gasteiger partial charge is 0.392 e. The summed E-state index contributed by atoms with van der Waals surface area (Å²) in [5.41, 5.74) is -3.37. The number of carbonyl (C=O) groups is 5. The highest BCUT2D eigenvalue weighted by atomic mass is 16.3. The van der Waals surface area contributed by atoms with Crippen molar-refractivity contribution >= 4 is 37.1 Å². The van der Waals surface area contributed by atoms with Gasteiger partial charge in [0.2, 0.25) is 17.7 Å². The van der Waals surface area contributed by atoms with Crippen molar-refractivity contribution < 1.29 is 30.4 Å². The van der Waals surface area contributed by atoms with Crippen LogP contribution in [0.1, 0.15) is 69.1 Å². The molecule has 9 nitrogen and oxygen atoms in total. The maximum absolute atomic E-state index is 13.3. The van der Waals surface area contributed by atoms with Gasteiger partial charge in [0.25, 0.3) is 0 Å². The highest BCUT2D eigenvalue weighted by Gasteiger charge is 2.47. The lowest BCUT2D eigenvalue weighted by Gasteiger charge is -2.41. The van der Waals surface area contributed by atoms with Gasteiger partial charge in [-0.3, -0.25) is 24.0 Å². The normalized spacial score (nSPS) is 16.4. The Labute approximate surface area is 200 Å². The van der Waals surface area contributed by atoms with E-state index in [1.165, 1.54) is 6.92 Å². The summed E-state index contributed by atoms with van der Waals surface area (Å²) in [5.74, 6) is -2.12. The average Bonchev–Trinajstić information content (AvgIpc) is 2.77. The van der Waals surface area contributed by atoms with Crippen LogP contribution in [0.4, 0.5) is 0 Å². The van der Waals surface area contributed by atoms with Crippen molar-refractivity contribution in [2.45, 2.75) is 80.1 Å². The zero-order chi connectivity index (χ0) is 26.7. The summed E-state index contributed by atoms with van der Waals surface area (Å²) in [6.45, 7) is 8.97. The molecule has 0 aromatic rings. The Bertz CT molecular complexity index is 761. The lowest BCUT2D eigenvalue weighted by atomic mass is 9.64. The molecule has 10 heteroatoms. The minimum atomic E-state index is -1.26. The molecule has 0 aromatic heterocycles. The minimum absolute atomic E-state index is 0.0349. The molecule has 186 valence electrons. The maximum Gasteiger partial charge on any atom is 0.226 e. The third kappa shape index (κ3) is 10.1. The first-order valence-electron chi connectivity index (χ1n) is 11.8. The average molecular weight is 466 g/mol. The zero-order valence-corrected chi connectivity index (χ0v) is 20.8. The first-order valence-corrected chi connectivity index (χ1v) is 11.1. The van der Waals surface area contributed by atoms with Crippen LogP contribution in [-0.4, -0.2) is 68.0 Å². The Morgan fingerprint density at radius 3 is 1.94 bits per heavy atom. The SMILES string of the molecule is [2H]CC(=O)CNC(=O)C(C)(CC(C)(C)C(=O)NCC(C)O)CC(C)(CC)C(=O)NCC(=O)C[B]. The highest BCUT2D eigenvalue weighted by molar-refractivity contribution is 6.20. The van der Waals surface area contributed by atoms with Crippen molar-refractivity contribution in [2.75, 3.05) is 19.6 Å². The molecule has 2 radical (unpaired) electrons. The van der Waals surface area contributed by atoms with Crippen LogP contribution in [0, 0.1) is 16.2 Å². The van der Waals surface area contributed by atoms with Gasteiger partial charge < -0.3 is 21.1 Å². The van der Waals surface area contributed by atoms with Gasteiger partial charge in [0.05, 0.1) is 27.0 Å². The molecule has 0 aliphatic rings. The summed E-state index contributed by atoms with van der Waals surface area (Å²) < 4.78 is 7.15. The minimum Gasteiger partial charge on any atom is -0.392 e. The number of nitrogens with one attached hydrogen (secondary N) is 3. The number of rotatable bonds is 15. The van der Waals surface area contributed by atoms with Gasteiger partial charge in [0.15, 0.2) is 0 Å². The fourth-order valence-corrected chi connectivity index (χ4v) is 3.84. The topological polar surface area (TPSA) is 142 Å². The van der Waals surface area contributed by atoms with Gasteiger partial charge in [-0.1, -0.05) is 34.6 Å². The standard InChI is InChI=1S/C23H40BN3O6/c1-8-22(6,19(32)27-12-17(30)9-24)14-23(7,20(33)26-11-16(3)29)13-21(4,5)18(31)25-10-15(2)28/h15,28H,8-14H2,1-7H3,(H,25,31)(H,26,33)(H,27,32)/i3D. The molecule has 0 saturated carbocycles.